The fourth-order valence-corrected chi connectivity index (χ4v) is 4.53. The van der Waals surface area contributed by atoms with Crippen molar-refractivity contribution in [1.82, 2.24) is 0 Å². The molecule has 0 bridgehead atoms. The monoisotopic (exact) mass is 466 g/mol. The second-order valence-corrected chi connectivity index (χ2v) is 9.42. The first-order valence-electron chi connectivity index (χ1n) is 9.83. The van der Waals surface area contributed by atoms with E-state index in [0.717, 1.165) is 21.7 Å². The van der Waals surface area contributed by atoms with E-state index >= 15 is 0 Å². The molecule has 0 aliphatic heterocycles. The molecule has 0 fully saturated rings. The van der Waals surface area contributed by atoms with Crippen molar-refractivity contribution < 1.29 is 22.7 Å². The van der Waals surface area contributed by atoms with E-state index in [1.807, 2.05) is 19.9 Å². The van der Waals surface area contributed by atoms with Gasteiger partial charge in [0.25, 0.3) is 0 Å². The molecule has 2 aromatic rings. The lowest BCUT2D eigenvalue weighted by atomic mass is 10.1. The summed E-state index contributed by atoms with van der Waals surface area (Å²) in [5.41, 5.74) is 2.87. The van der Waals surface area contributed by atoms with Crippen LogP contribution in [-0.4, -0.2) is 39.2 Å². The first-order chi connectivity index (χ1) is 14.5. The van der Waals surface area contributed by atoms with Crippen molar-refractivity contribution in [1.29, 1.82) is 0 Å². The molecule has 0 unspecified atom stereocenters. The summed E-state index contributed by atoms with van der Waals surface area (Å²) in [6.45, 7) is 7.46. The molecule has 9 heteroatoms. The maximum absolute atomic E-state index is 13.1. The van der Waals surface area contributed by atoms with E-state index in [2.05, 4.69) is 5.32 Å². The number of sulfonamides is 1. The Kier molecular flexibility index (Phi) is 8.08. The number of esters is 1. The molecular formula is C22H27ClN2O5S. The summed E-state index contributed by atoms with van der Waals surface area (Å²) in [6, 6.07) is 8.62. The number of amides is 1. The van der Waals surface area contributed by atoms with Crippen LogP contribution in [0.15, 0.2) is 36.4 Å². The molecule has 1 N–H and O–H groups in total. The Bertz CT molecular complexity index is 1090. The van der Waals surface area contributed by atoms with Crippen molar-refractivity contribution in [3.05, 3.63) is 58.1 Å². The van der Waals surface area contributed by atoms with Gasteiger partial charge in [-0.2, -0.15) is 0 Å². The molecule has 0 saturated heterocycles. The molecule has 0 spiro atoms. The zero-order valence-corrected chi connectivity index (χ0v) is 19.8. The highest BCUT2D eigenvalue weighted by Gasteiger charge is 2.32. The van der Waals surface area contributed by atoms with Gasteiger partial charge in [-0.3, -0.25) is 9.10 Å². The van der Waals surface area contributed by atoms with Crippen molar-refractivity contribution in [2.45, 2.75) is 40.2 Å². The van der Waals surface area contributed by atoms with E-state index in [1.165, 1.54) is 18.2 Å². The number of rotatable bonds is 8. The smallest absolute Gasteiger partial charge is 0.338 e. The van der Waals surface area contributed by atoms with Crippen molar-refractivity contribution in [2.75, 3.05) is 22.5 Å². The fourth-order valence-electron chi connectivity index (χ4n) is 3.10. The summed E-state index contributed by atoms with van der Waals surface area (Å²) in [5.74, 6) is -1.05. The maximum Gasteiger partial charge on any atom is 0.338 e. The third kappa shape index (κ3) is 5.98. The number of carbonyl (C=O) groups excluding carboxylic acids is 2. The lowest BCUT2D eigenvalue weighted by molar-refractivity contribution is -0.117. The molecule has 0 aliphatic rings. The largest absolute Gasteiger partial charge is 0.462 e. The average Bonchev–Trinajstić information content (AvgIpc) is 2.69. The summed E-state index contributed by atoms with van der Waals surface area (Å²) >= 11 is 6.24. The fraction of sp³-hybridized carbons (Fsp3) is 0.364. The summed E-state index contributed by atoms with van der Waals surface area (Å²) in [5, 5.41) is 2.82. The van der Waals surface area contributed by atoms with Crippen LogP contribution in [-0.2, 0) is 19.6 Å². The van der Waals surface area contributed by atoms with E-state index < -0.39 is 27.9 Å². The number of nitrogens with zero attached hydrogens (tertiary/aromatic N) is 1. The first kappa shape index (κ1) is 24.7. The quantitative estimate of drug-likeness (QED) is 0.585. The molecule has 0 saturated carbocycles. The second-order valence-electron chi connectivity index (χ2n) is 7.16. The van der Waals surface area contributed by atoms with Gasteiger partial charge in [0, 0.05) is 0 Å². The lowest BCUT2D eigenvalue weighted by Crippen LogP contribution is -2.47. The molecule has 1 atom stereocenters. The number of hydrogen-bond acceptors (Lipinski definition) is 5. The van der Waals surface area contributed by atoms with E-state index in [4.69, 9.17) is 16.3 Å². The highest BCUT2D eigenvalue weighted by Crippen LogP contribution is 2.28. The number of ether oxygens (including phenoxy) is 1. The second kappa shape index (κ2) is 10.2. The molecule has 31 heavy (non-hydrogen) atoms. The molecule has 2 aromatic carbocycles. The maximum atomic E-state index is 13.1. The Hall–Kier alpha value is -2.58. The first-order valence-corrected chi connectivity index (χ1v) is 12.1. The molecule has 0 radical (unpaired) electrons. The average molecular weight is 467 g/mol. The normalized spacial score (nSPS) is 12.2. The van der Waals surface area contributed by atoms with Crippen LogP contribution in [0, 0.1) is 13.8 Å². The van der Waals surface area contributed by atoms with Crippen LogP contribution in [0.3, 0.4) is 0 Å². The van der Waals surface area contributed by atoms with Crippen LogP contribution in [0.5, 0.6) is 0 Å². The molecule has 168 valence electrons. The Labute approximate surface area is 188 Å². The van der Waals surface area contributed by atoms with Gasteiger partial charge in [-0.05, 0) is 68.7 Å². The van der Waals surface area contributed by atoms with Crippen LogP contribution in [0.2, 0.25) is 5.02 Å². The summed E-state index contributed by atoms with van der Waals surface area (Å²) < 4.78 is 31.3. The minimum Gasteiger partial charge on any atom is -0.462 e. The van der Waals surface area contributed by atoms with Gasteiger partial charge in [0.15, 0.2) is 0 Å². The van der Waals surface area contributed by atoms with Gasteiger partial charge in [-0.15, -0.1) is 0 Å². The van der Waals surface area contributed by atoms with Gasteiger partial charge in [0.1, 0.15) is 6.04 Å². The highest BCUT2D eigenvalue weighted by atomic mass is 35.5. The van der Waals surface area contributed by atoms with Crippen molar-refractivity contribution in [3.63, 3.8) is 0 Å². The third-order valence-electron chi connectivity index (χ3n) is 4.81. The number of benzene rings is 2. The number of carbonyl (C=O) groups is 2. The zero-order chi connectivity index (χ0) is 23.3. The van der Waals surface area contributed by atoms with Crippen LogP contribution in [0.4, 0.5) is 11.4 Å². The van der Waals surface area contributed by atoms with Gasteiger partial charge >= 0.3 is 5.97 Å². The van der Waals surface area contributed by atoms with Crippen molar-refractivity contribution in [2.24, 2.45) is 0 Å². The number of aryl methyl sites for hydroxylation is 2. The topological polar surface area (TPSA) is 92.8 Å². The summed E-state index contributed by atoms with van der Waals surface area (Å²) in [6.07, 6.45) is 1.31. The summed E-state index contributed by atoms with van der Waals surface area (Å²) in [7, 11) is -3.75. The standard InChI is InChI=1S/C22H27ClN2O5S/c1-6-20(25(31(5,28)29)17-10-8-14(3)15(4)12-17)21(26)24-19-11-9-16(13-18(19)23)22(27)30-7-2/h8-13,20H,6-7H2,1-5H3,(H,24,26)/t20-/m0/s1. The number of halogens is 1. The van der Waals surface area contributed by atoms with Crippen LogP contribution >= 0.6 is 11.6 Å². The third-order valence-corrected chi connectivity index (χ3v) is 6.31. The van der Waals surface area contributed by atoms with Gasteiger partial charge in [0.05, 0.1) is 34.8 Å². The molecule has 2 rings (SSSR count). The Morgan fingerprint density at radius 2 is 1.77 bits per heavy atom. The Balaban J connectivity index is 2.36. The lowest BCUT2D eigenvalue weighted by Gasteiger charge is -2.30. The number of anilines is 2. The van der Waals surface area contributed by atoms with Gasteiger partial charge in [-0.25, -0.2) is 13.2 Å². The van der Waals surface area contributed by atoms with Gasteiger partial charge < -0.3 is 10.1 Å². The Morgan fingerprint density at radius 1 is 1.10 bits per heavy atom. The van der Waals surface area contributed by atoms with Gasteiger partial charge in [0.2, 0.25) is 15.9 Å². The van der Waals surface area contributed by atoms with E-state index in [0.29, 0.717) is 5.69 Å². The van der Waals surface area contributed by atoms with Gasteiger partial charge in [-0.1, -0.05) is 24.6 Å². The van der Waals surface area contributed by atoms with E-state index in [-0.39, 0.29) is 29.3 Å². The van der Waals surface area contributed by atoms with Crippen LogP contribution in [0.1, 0.15) is 41.8 Å². The van der Waals surface area contributed by atoms with E-state index in [1.54, 1.807) is 26.0 Å². The predicted molar refractivity (Wildman–Crippen MR) is 123 cm³/mol. The summed E-state index contributed by atoms with van der Waals surface area (Å²) in [4.78, 5) is 24.9. The molecule has 0 heterocycles. The predicted octanol–water partition coefficient (Wildman–Crippen LogP) is 4.32. The van der Waals surface area contributed by atoms with Crippen LogP contribution in [0.25, 0.3) is 0 Å². The number of hydrogen-bond donors (Lipinski definition) is 1. The van der Waals surface area contributed by atoms with Crippen molar-refractivity contribution in [3.8, 4) is 0 Å². The molecular weight excluding hydrogens is 440 g/mol. The molecule has 1 amide bonds. The number of nitrogens with one attached hydrogen (secondary N) is 1. The van der Waals surface area contributed by atoms with Crippen molar-refractivity contribution >= 4 is 44.9 Å². The Morgan fingerprint density at radius 3 is 2.29 bits per heavy atom. The minimum atomic E-state index is -3.75. The molecule has 0 aliphatic carbocycles. The molecule has 7 nitrogen and oxygen atoms in total. The zero-order valence-electron chi connectivity index (χ0n) is 18.2. The van der Waals surface area contributed by atoms with Crippen LogP contribution < -0.4 is 9.62 Å². The molecule has 0 aromatic heterocycles. The minimum absolute atomic E-state index is 0.144. The van der Waals surface area contributed by atoms with E-state index in [9.17, 15) is 18.0 Å². The SMILES string of the molecule is CCOC(=O)c1ccc(NC(=O)[C@H](CC)N(c2ccc(C)c(C)c2)S(C)(=O)=O)c(Cl)c1. The highest BCUT2D eigenvalue weighted by molar-refractivity contribution is 7.92.